The van der Waals surface area contributed by atoms with Crippen molar-refractivity contribution in [2.75, 3.05) is 20.3 Å². The summed E-state index contributed by atoms with van der Waals surface area (Å²) in [5.74, 6) is 0. The van der Waals surface area contributed by atoms with Gasteiger partial charge in [0.25, 0.3) is 0 Å². The molecule has 10 heavy (non-hydrogen) atoms. The predicted octanol–water partition coefficient (Wildman–Crippen LogP) is 1.40. The summed E-state index contributed by atoms with van der Waals surface area (Å²) in [7, 11) is -1.65. The van der Waals surface area contributed by atoms with Gasteiger partial charge in [0, 0.05) is 7.05 Å². The van der Waals surface area contributed by atoms with Crippen LogP contribution in [-0.4, -0.2) is 20.3 Å². The van der Waals surface area contributed by atoms with Gasteiger partial charge in [0.15, 0.2) is 0 Å². The minimum absolute atomic E-state index is 0.356. The third-order valence-electron chi connectivity index (χ3n) is 0.829. The van der Waals surface area contributed by atoms with Gasteiger partial charge in [-0.05, 0) is 13.8 Å². The maximum atomic E-state index is 11.2. The molecule has 0 fully saturated rings. The molecule has 0 bridgehead atoms. The summed E-state index contributed by atoms with van der Waals surface area (Å²) in [6.07, 6.45) is 0. The van der Waals surface area contributed by atoms with Crippen LogP contribution in [0.15, 0.2) is 0 Å². The standard InChI is InChI=1S/C5H13NO3P/c1-4-8-10(7,6-3)9-5-2/h4-5H2,1-3H3. The van der Waals surface area contributed by atoms with E-state index < -0.39 is 7.75 Å². The fraction of sp³-hybridized carbons (Fsp3) is 1.00. The summed E-state index contributed by atoms with van der Waals surface area (Å²) in [5, 5.41) is 3.51. The van der Waals surface area contributed by atoms with E-state index in [1.165, 1.54) is 7.05 Å². The molecule has 61 valence electrons. The third kappa shape index (κ3) is 3.32. The molecule has 0 aliphatic rings. The van der Waals surface area contributed by atoms with Gasteiger partial charge in [-0.3, -0.25) is 9.05 Å². The Balaban J connectivity index is 3.83. The summed E-state index contributed by atoms with van der Waals surface area (Å²) in [6.45, 7) is 4.21. The first-order valence-corrected chi connectivity index (χ1v) is 4.68. The van der Waals surface area contributed by atoms with Crippen LogP contribution >= 0.6 is 7.75 Å². The zero-order valence-corrected chi connectivity index (χ0v) is 7.43. The Hall–Kier alpha value is 0.110. The average Bonchev–Trinajstić information content (AvgIpc) is 1.89. The molecule has 0 rings (SSSR count). The van der Waals surface area contributed by atoms with Crippen LogP contribution in [0.4, 0.5) is 0 Å². The van der Waals surface area contributed by atoms with Crippen LogP contribution in [0.5, 0.6) is 0 Å². The van der Waals surface area contributed by atoms with Gasteiger partial charge in [-0.1, -0.05) is 0 Å². The highest BCUT2D eigenvalue weighted by Crippen LogP contribution is 2.43. The molecule has 0 aliphatic heterocycles. The Bertz CT molecular complexity index is 118. The SMILES string of the molecule is CCOP(=O)([N]C)OCC. The van der Waals surface area contributed by atoms with Gasteiger partial charge in [-0.15, -0.1) is 5.09 Å². The normalized spacial score (nSPS) is 11.9. The van der Waals surface area contributed by atoms with E-state index in [4.69, 9.17) is 9.05 Å². The Morgan fingerprint density at radius 2 is 1.70 bits per heavy atom. The van der Waals surface area contributed by atoms with Gasteiger partial charge in [-0.2, -0.15) is 0 Å². The minimum atomic E-state index is -3.08. The second-order valence-corrected chi connectivity index (χ2v) is 3.36. The lowest BCUT2D eigenvalue weighted by atomic mass is 10.9. The lowest BCUT2D eigenvalue weighted by Gasteiger charge is -2.12. The van der Waals surface area contributed by atoms with Crippen molar-refractivity contribution in [2.45, 2.75) is 13.8 Å². The molecule has 0 aromatic carbocycles. The largest absolute Gasteiger partial charge is 0.421 e. The van der Waals surface area contributed by atoms with Crippen molar-refractivity contribution in [3.8, 4) is 0 Å². The van der Waals surface area contributed by atoms with Crippen molar-refractivity contribution >= 4 is 7.75 Å². The quantitative estimate of drug-likeness (QED) is 0.580. The predicted molar refractivity (Wildman–Crippen MR) is 38.9 cm³/mol. The second-order valence-electron chi connectivity index (χ2n) is 1.50. The van der Waals surface area contributed by atoms with Gasteiger partial charge in [0.1, 0.15) is 0 Å². The molecule has 4 nitrogen and oxygen atoms in total. The van der Waals surface area contributed by atoms with E-state index in [2.05, 4.69) is 5.09 Å². The highest BCUT2D eigenvalue weighted by atomic mass is 31.2. The Morgan fingerprint density at radius 3 is 1.90 bits per heavy atom. The zero-order chi connectivity index (χ0) is 8.04. The number of hydrogen-bond acceptors (Lipinski definition) is 3. The summed E-state index contributed by atoms with van der Waals surface area (Å²) >= 11 is 0. The fourth-order valence-electron chi connectivity index (χ4n) is 0.479. The summed E-state index contributed by atoms with van der Waals surface area (Å²) < 4.78 is 20.7. The van der Waals surface area contributed by atoms with Crippen LogP contribution in [-0.2, 0) is 13.6 Å². The first kappa shape index (κ1) is 10.1. The van der Waals surface area contributed by atoms with Crippen LogP contribution in [0, 0.1) is 0 Å². The third-order valence-corrected chi connectivity index (χ3v) is 2.49. The Morgan fingerprint density at radius 1 is 1.30 bits per heavy atom. The van der Waals surface area contributed by atoms with Crippen molar-refractivity contribution in [1.82, 2.24) is 5.09 Å². The molecule has 0 aromatic heterocycles. The molecule has 0 unspecified atom stereocenters. The molecular weight excluding hydrogens is 153 g/mol. The monoisotopic (exact) mass is 166 g/mol. The van der Waals surface area contributed by atoms with Crippen LogP contribution in [0.2, 0.25) is 0 Å². The molecule has 0 amide bonds. The molecule has 0 N–H and O–H groups in total. The van der Waals surface area contributed by atoms with E-state index in [9.17, 15) is 4.57 Å². The van der Waals surface area contributed by atoms with Crippen LogP contribution in [0.1, 0.15) is 13.8 Å². The Labute approximate surface area is 61.5 Å². The highest BCUT2D eigenvalue weighted by molar-refractivity contribution is 7.51. The lowest BCUT2D eigenvalue weighted by Crippen LogP contribution is -2.03. The van der Waals surface area contributed by atoms with Gasteiger partial charge < -0.3 is 0 Å². The number of hydrogen-bond donors (Lipinski definition) is 0. The summed E-state index contributed by atoms with van der Waals surface area (Å²) in [6, 6.07) is 0. The molecule has 0 spiro atoms. The molecule has 0 aliphatic carbocycles. The van der Waals surface area contributed by atoms with Crippen LogP contribution < -0.4 is 5.09 Å². The van der Waals surface area contributed by atoms with Gasteiger partial charge in [0.05, 0.1) is 13.2 Å². The van der Waals surface area contributed by atoms with E-state index >= 15 is 0 Å². The molecule has 0 heterocycles. The van der Waals surface area contributed by atoms with Crippen LogP contribution in [0.3, 0.4) is 0 Å². The van der Waals surface area contributed by atoms with Crippen molar-refractivity contribution in [2.24, 2.45) is 0 Å². The topological polar surface area (TPSA) is 49.6 Å². The van der Waals surface area contributed by atoms with Crippen LogP contribution in [0.25, 0.3) is 0 Å². The molecule has 0 saturated heterocycles. The number of nitrogens with zero attached hydrogens (tertiary/aromatic N) is 1. The van der Waals surface area contributed by atoms with E-state index in [0.717, 1.165) is 0 Å². The molecule has 0 atom stereocenters. The zero-order valence-electron chi connectivity index (χ0n) is 6.53. The summed E-state index contributed by atoms with van der Waals surface area (Å²) in [4.78, 5) is 0. The average molecular weight is 166 g/mol. The van der Waals surface area contributed by atoms with E-state index in [0.29, 0.717) is 13.2 Å². The minimum Gasteiger partial charge on any atom is -0.296 e. The molecule has 0 saturated carbocycles. The molecule has 1 radical (unpaired) electrons. The van der Waals surface area contributed by atoms with Crippen molar-refractivity contribution in [3.63, 3.8) is 0 Å². The van der Waals surface area contributed by atoms with Gasteiger partial charge in [-0.25, -0.2) is 4.57 Å². The first-order valence-electron chi connectivity index (χ1n) is 3.19. The highest BCUT2D eigenvalue weighted by Gasteiger charge is 2.21. The number of rotatable bonds is 5. The van der Waals surface area contributed by atoms with Crippen molar-refractivity contribution < 1.29 is 13.6 Å². The smallest absolute Gasteiger partial charge is 0.296 e. The second kappa shape index (κ2) is 4.85. The summed E-state index contributed by atoms with van der Waals surface area (Å²) in [5.41, 5.74) is 0. The molecule has 0 aromatic rings. The van der Waals surface area contributed by atoms with Gasteiger partial charge in [0.2, 0.25) is 0 Å². The van der Waals surface area contributed by atoms with E-state index in [1.54, 1.807) is 13.8 Å². The molecular formula is C5H13NO3P. The van der Waals surface area contributed by atoms with E-state index in [1.807, 2.05) is 0 Å². The lowest BCUT2D eigenvalue weighted by molar-refractivity contribution is 0.212. The van der Waals surface area contributed by atoms with Gasteiger partial charge >= 0.3 is 7.75 Å². The maximum absolute atomic E-state index is 11.2. The van der Waals surface area contributed by atoms with E-state index in [-0.39, 0.29) is 0 Å². The van der Waals surface area contributed by atoms with Crippen molar-refractivity contribution in [3.05, 3.63) is 0 Å². The first-order chi connectivity index (χ1) is 4.68. The fourth-order valence-corrected chi connectivity index (χ4v) is 1.44. The Kier molecular flexibility index (Phi) is 4.91. The van der Waals surface area contributed by atoms with Crippen molar-refractivity contribution in [1.29, 1.82) is 0 Å². The maximum Gasteiger partial charge on any atom is 0.421 e. The molecule has 5 heteroatoms.